The van der Waals surface area contributed by atoms with Crippen LogP contribution in [0.2, 0.25) is 5.02 Å². The molecule has 0 unspecified atom stereocenters. The van der Waals surface area contributed by atoms with Gasteiger partial charge in [0, 0.05) is 27.9 Å². The third-order valence-corrected chi connectivity index (χ3v) is 4.63. The number of halogens is 1. The first-order chi connectivity index (χ1) is 14.1. The van der Waals surface area contributed by atoms with Gasteiger partial charge in [-0.1, -0.05) is 11.6 Å². The predicted molar refractivity (Wildman–Crippen MR) is 109 cm³/mol. The summed E-state index contributed by atoms with van der Waals surface area (Å²) in [6.07, 6.45) is 0. The Labute approximate surface area is 172 Å². The second kappa shape index (κ2) is 8.32. The van der Waals surface area contributed by atoms with Gasteiger partial charge in [0.2, 0.25) is 6.79 Å². The first-order valence-electron chi connectivity index (χ1n) is 8.88. The Morgan fingerprint density at radius 2 is 1.83 bits per heavy atom. The minimum Gasteiger partial charge on any atom is -0.496 e. The first kappa shape index (κ1) is 19.0. The molecule has 0 saturated heterocycles. The third-order valence-electron chi connectivity index (χ3n) is 4.38. The molecule has 0 aliphatic carbocycles. The Balaban J connectivity index is 1.49. The molecule has 1 aliphatic heterocycles. The summed E-state index contributed by atoms with van der Waals surface area (Å²) >= 11 is 5.89. The van der Waals surface area contributed by atoms with Gasteiger partial charge < -0.3 is 24.3 Å². The summed E-state index contributed by atoms with van der Waals surface area (Å²) in [4.78, 5) is 12.7. The monoisotopic (exact) mass is 411 g/mol. The molecular weight excluding hydrogens is 394 g/mol. The maximum atomic E-state index is 12.7. The van der Waals surface area contributed by atoms with Gasteiger partial charge in [0.15, 0.2) is 11.5 Å². The van der Waals surface area contributed by atoms with Crippen LogP contribution >= 0.6 is 11.6 Å². The molecule has 0 fully saturated rings. The van der Waals surface area contributed by atoms with Crippen molar-refractivity contribution in [1.29, 1.82) is 0 Å². The lowest BCUT2D eigenvalue weighted by atomic mass is 10.1. The molecule has 29 heavy (non-hydrogen) atoms. The summed E-state index contributed by atoms with van der Waals surface area (Å²) in [6.45, 7) is 0.429. The van der Waals surface area contributed by atoms with Crippen molar-refractivity contribution in [2.45, 2.75) is 6.61 Å². The molecule has 1 aliphatic rings. The van der Waals surface area contributed by atoms with Crippen LogP contribution in [0.3, 0.4) is 0 Å². The van der Waals surface area contributed by atoms with E-state index < -0.39 is 0 Å². The van der Waals surface area contributed by atoms with Crippen molar-refractivity contribution in [1.82, 2.24) is 0 Å². The molecule has 6 nitrogen and oxygen atoms in total. The van der Waals surface area contributed by atoms with Crippen LogP contribution < -0.4 is 24.3 Å². The number of ether oxygens (including phenoxy) is 4. The average Bonchev–Trinajstić information content (AvgIpc) is 3.21. The number of rotatable bonds is 6. The maximum Gasteiger partial charge on any atom is 0.255 e. The number of nitrogens with one attached hydrogen (secondary N) is 1. The number of carbonyl (C=O) groups excluding carboxylic acids is 1. The lowest BCUT2D eigenvalue weighted by Gasteiger charge is -2.13. The largest absolute Gasteiger partial charge is 0.496 e. The van der Waals surface area contributed by atoms with E-state index in [2.05, 4.69) is 5.32 Å². The first-order valence-corrected chi connectivity index (χ1v) is 9.26. The molecule has 0 aromatic heterocycles. The smallest absolute Gasteiger partial charge is 0.255 e. The topological polar surface area (TPSA) is 66.0 Å². The SMILES string of the molecule is COc1ccc(C(=O)Nc2ccc3c(c2)OCO3)cc1COc1ccc(Cl)cc1. The van der Waals surface area contributed by atoms with E-state index in [9.17, 15) is 4.79 Å². The van der Waals surface area contributed by atoms with E-state index in [4.69, 9.17) is 30.5 Å². The second-order valence-corrected chi connectivity index (χ2v) is 6.73. The van der Waals surface area contributed by atoms with Crippen molar-refractivity contribution in [3.63, 3.8) is 0 Å². The van der Waals surface area contributed by atoms with E-state index in [1.54, 1.807) is 67.8 Å². The van der Waals surface area contributed by atoms with Crippen molar-refractivity contribution >= 4 is 23.2 Å². The van der Waals surface area contributed by atoms with Gasteiger partial charge in [-0.15, -0.1) is 0 Å². The van der Waals surface area contributed by atoms with Crippen LogP contribution in [0.4, 0.5) is 5.69 Å². The van der Waals surface area contributed by atoms with Crippen LogP contribution in [-0.2, 0) is 6.61 Å². The van der Waals surface area contributed by atoms with E-state index >= 15 is 0 Å². The van der Waals surface area contributed by atoms with Gasteiger partial charge in [0.25, 0.3) is 5.91 Å². The van der Waals surface area contributed by atoms with Crippen LogP contribution in [0.15, 0.2) is 60.7 Å². The number of benzene rings is 3. The molecule has 1 N–H and O–H groups in total. The van der Waals surface area contributed by atoms with Crippen molar-refractivity contribution in [2.24, 2.45) is 0 Å². The van der Waals surface area contributed by atoms with Crippen molar-refractivity contribution in [3.8, 4) is 23.0 Å². The van der Waals surface area contributed by atoms with E-state index in [-0.39, 0.29) is 19.3 Å². The highest BCUT2D eigenvalue weighted by Crippen LogP contribution is 2.34. The molecule has 0 radical (unpaired) electrons. The fourth-order valence-corrected chi connectivity index (χ4v) is 3.03. The highest BCUT2D eigenvalue weighted by Gasteiger charge is 2.16. The molecular formula is C22H18ClNO5. The standard InChI is InChI=1S/C22H18ClNO5/c1-26-19-8-2-14(10-15(19)12-27-18-6-3-16(23)4-7-18)22(25)24-17-5-9-20-21(11-17)29-13-28-20/h2-11H,12-13H2,1H3,(H,24,25). The molecule has 0 saturated carbocycles. The zero-order valence-electron chi connectivity index (χ0n) is 15.6. The molecule has 0 spiro atoms. The Kier molecular flexibility index (Phi) is 5.44. The van der Waals surface area contributed by atoms with Gasteiger partial charge in [-0.2, -0.15) is 0 Å². The summed E-state index contributed by atoms with van der Waals surface area (Å²) in [5.41, 5.74) is 1.85. The maximum absolute atomic E-state index is 12.7. The summed E-state index contributed by atoms with van der Waals surface area (Å²) in [5.74, 6) is 2.33. The fraction of sp³-hybridized carbons (Fsp3) is 0.136. The number of carbonyl (C=O) groups is 1. The summed E-state index contributed by atoms with van der Waals surface area (Å²) in [5, 5.41) is 3.50. The van der Waals surface area contributed by atoms with Gasteiger partial charge in [0.05, 0.1) is 7.11 Å². The Morgan fingerprint density at radius 3 is 2.62 bits per heavy atom. The van der Waals surface area contributed by atoms with Crippen LogP contribution in [0, 0.1) is 0 Å². The normalized spacial score (nSPS) is 11.8. The van der Waals surface area contributed by atoms with Crippen LogP contribution in [0.25, 0.3) is 0 Å². The zero-order valence-corrected chi connectivity index (χ0v) is 16.4. The third kappa shape index (κ3) is 4.38. The zero-order chi connectivity index (χ0) is 20.2. The number of hydrogen-bond donors (Lipinski definition) is 1. The van der Waals surface area contributed by atoms with E-state index in [1.807, 2.05) is 0 Å². The van der Waals surface area contributed by atoms with E-state index in [0.29, 0.717) is 39.3 Å². The van der Waals surface area contributed by atoms with Crippen LogP contribution in [0.5, 0.6) is 23.0 Å². The molecule has 148 valence electrons. The predicted octanol–water partition coefficient (Wildman–Crippen LogP) is 4.91. The molecule has 0 atom stereocenters. The average molecular weight is 412 g/mol. The summed E-state index contributed by atoms with van der Waals surface area (Å²) < 4.78 is 21.8. The molecule has 4 rings (SSSR count). The highest BCUT2D eigenvalue weighted by atomic mass is 35.5. The van der Waals surface area contributed by atoms with Gasteiger partial charge in [0.1, 0.15) is 18.1 Å². The fourth-order valence-electron chi connectivity index (χ4n) is 2.90. The number of methoxy groups -OCH3 is 1. The molecule has 3 aromatic carbocycles. The van der Waals surface area contributed by atoms with Gasteiger partial charge in [-0.05, 0) is 54.6 Å². The van der Waals surface area contributed by atoms with E-state index in [1.165, 1.54) is 0 Å². The van der Waals surface area contributed by atoms with Crippen LogP contribution in [0.1, 0.15) is 15.9 Å². The quantitative estimate of drug-likeness (QED) is 0.624. The molecule has 1 amide bonds. The minimum absolute atomic E-state index is 0.183. The van der Waals surface area contributed by atoms with Crippen molar-refractivity contribution in [2.75, 3.05) is 19.2 Å². The lowest BCUT2D eigenvalue weighted by Crippen LogP contribution is -2.12. The number of amides is 1. The van der Waals surface area contributed by atoms with Crippen LogP contribution in [-0.4, -0.2) is 19.8 Å². The molecule has 0 bridgehead atoms. The number of anilines is 1. The van der Waals surface area contributed by atoms with Crippen molar-refractivity contribution < 1.29 is 23.7 Å². The lowest BCUT2D eigenvalue weighted by molar-refractivity contribution is 0.102. The van der Waals surface area contributed by atoms with Gasteiger partial charge in [-0.3, -0.25) is 4.79 Å². The Hall–Kier alpha value is -3.38. The molecule has 3 aromatic rings. The Morgan fingerprint density at radius 1 is 1.03 bits per heavy atom. The highest BCUT2D eigenvalue weighted by molar-refractivity contribution is 6.30. The molecule has 1 heterocycles. The number of fused-ring (bicyclic) bond motifs is 1. The molecule has 7 heteroatoms. The Bertz CT molecular complexity index is 1040. The van der Waals surface area contributed by atoms with Crippen molar-refractivity contribution in [3.05, 3.63) is 76.8 Å². The summed E-state index contributed by atoms with van der Waals surface area (Å²) in [6, 6.07) is 17.5. The summed E-state index contributed by atoms with van der Waals surface area (Å²) in [7, 11) is 1.58. The van der Waals surface area contributed by atoms with Gasteiger partial charge >= 0.3 is 0 Å². The minimum atomic E-state index is -0.251. The van der Waals surface area contributed by atoms with E-state index in [0.717, 1.165) is 5.56 Å². The van der Waals surface area contributed by atoms with Gasteiger partial charge in [-0.25, -0.2) is 0 Å². The second-order valence-electron chi connectivity index (χ2n) is 6.29. The number of hydrogen-bond acceptors (Lipinski definition) is 5.